The van der Waals surface area contributed by atoms with Crippen molar-refractivity contribution in [3.8, 4) is 0 Å². The molecule has 0 heterocycles. The van der Waals surface area contributed by atoms with E-state index in [0.717, 1.165) is 12.6 Å². The number of rotatable bonds is 6. The molecule has 2 aromatic rings. The molecule has 0 bridgehead atoms. The van der Waals surface area contributed by atoms with Crippen LogP contribution in [0.2, 0.25) is 0 Å². The summed E-state index contributed by atoms with van der Waals surface area (Å²) in [5.74, 6) is 0. The van der Waals surface area contributed by atoms with Crippen molar-refractivity contribution >= 4 is 28.5 Å². The van der Waals surface area contributed by atoms with Crippen molar-refractivity contribution in [2.24, 2.45) is 0 Å². The molecule has 1 aliphatic carbocycles. The van der Waals surface area contributed by atoms with Crippen molar-refractivity contribution in [1.29, 1.82) is 0 Å². The summed E-state index contributed by atoms with van der Waals surface area (Å²) in [5, 5.41) is 0. The topological polar surface area (TPSA) is 3.24 Å². The minimum atomic E-state index is 0.436. The van der Waals surface area contributed by atoms with E-state index in [-0.39, 0.29) is 0 Å². The van der Waals surface area contributed by atoms with Crippen LogP contribution in [-0.4, -0.2) is 31.8 Å². The Bertz CT molecular complexity index is 596. The Balaban J connectivity index is 1.63. The Kier molecular flexibility index (Phi) is 6.65. The SMILES string of the molecule is CN(Cc1ccccc1[Se]Sc1ccccc1)C1CCCCC1. The average molecular weight is 390 g/mol. The molecule has 0 aliphatic heterocycles. The van der Waals surface area contributed by atoms with Crippen LogP contribution in [0.25, 0.3) is 0 Å². The normalized spacial score (nSPS) is 15.9. The first-order valence-electron chi connectivity index (χ1n) is 8.50. The standard InChI is InChI=1S/C20H25NSSe/c1-21(18-11-4-2-5-12-18)16-17-10-8-9-15-20(17)23-22-19-13-6-3-7-14-19/h3,6-10,13-15,18H,2,4-5,11-12,16H2,1H3. The van der Waals surface area contributed by atoms with Gasteiger partial charge in [-0.2, -0.15) is 0 Å². The van der Waals surface area contributed by atoms with E-state index in [4.69, 9.17) is 0 Å². The fourth-order valence-electron chi connectivity index (χ4n) is 3.20. The predicted octanol–water partition coefficient (Wildman–Crippen LogP) is 4.49. The molecule has 1 aliphatic rings. The van der Waals surface area contributed by atoms with Crippen molar-refractivity contribution in [3.63, 3.8) is 0 Å². The first kappa shape index (κ1) is 17.1. The first-order valence-corrected chi connectivity index (χ1v) is 12.2. The van der Waals surface area contributed by atoms with Gasteiger partial charge in [-0.3, -0.25) is 0 Å². The van der Waals surface area contributed by atoms with Gasteiger partial charge in [0, 0.05) is 0 Å². The van der Waals surface area contributed by atoms with Gasteiger partial charge in [-0.05, 0) is 0 Å². The zero-order valence-electron chi connectivity index (χ0n) is 13.8. The van der Waals surface area contributed by atoms with Crippen LogP contribution >= 0.6 is 10.2 Å². The fourth-order valence-corrected chi connectivity index (χ4v) is 7.16. The second-order valence-corrected chi connectivity index (χ2v) is 10.1. The Morgan fingerprint density at radius 2 is 1.65 bits per heavy atom. The second-order valence-electron chi connectivity index (χ2n) is 6.29. The van der Waals surface area contributed by atoms with E-state index in [1.807, 2.05) is 10.2 Å². The minimum absolute atomic E-state index is 0.436. The fraction of sp³-hybridized carbons (Fsp3) is 0.400. The second kappa shape index (κ2) is 8.94. The molecule has 1 nitrogen and oxygen atoms in total. The molecule has 3 rings (SSSR count). The van der Waals surface area contributed by atoms with Gasteiger partial charge < -0.3 is 0 Å². The maximum absolute atomic E-state index is 2.58. The van der Waals surface area contributed by atoms with Crippen LogP contribution in [0.5, 0.6) is 0 Å². The van der Waals surface area contributed by atoms with Gasteiger partial charge in [0.1, 0.15) is 0 Å². The summed E-state index contributed by atoms with van der Waals surface area (Å²) < 4.78 is 1.54. The van der Waals surface area contributed by atoms with Crippen LogP contribution in [0.4, 0.5) is 0 Å². The summed E-state index contributed by atoms with van der Waals surface area (Å²) in [6.07, 6.45) is 7.00. The number of nitrogens with zero attached hydrogens (tertiary/aromatic N) is 1. The summed E-state index contributed by atoms with van der Waals surface area (Å²) in [6.45, 7) is 1.10. The van der Waals surface area contributed by atoms with E-state index in [1.165, 1.54) is 47.0 Å². The third kappa shape index (κ3) is 5.12. The molecule has 0 spiro atoms. The van der Waals surface area contributed by atoms with E-state index in [1.54, 1.807) is 0 Å². The number of benzene rings is 2. The molecule has 0 radical (unpaired) electrons. The molecule has 122 valence electrons. The quantitative estimate of drug-likeness (QED) is 0.669. The maximum atomic E-state index is 2.58. The molecule has 0 aromatic heterocycles. The molecule has 0 saturated heterocycles. The van der Waals surface area contributed by atoms with E-state index >= 15 is 0 Å². The Labute approximate surface area is 150 Å². The van der Waals surface area contributed by atoms with Gasteiger partial charge in [0.05, 0.1) is 0 Å². The molecule has 2 aromatic carbocycles. The van der Waals surface area contributed by atoms with E-state index in [2.05, 4.69) is 66.5 Å². The molecule has 23 heavy (non-hydrogen) atoms. The molecule has 0 amide bonds. The van der Waals surface area contributed by atoms with Crippen LogP contribution < -0.4 is 4.46 Å². The van der Waals surface area contributed by atoms with Gasteiger partial charge in [0.15, 0.2) is 0 Å². The van der Waals surface area contributed by atoms with E-state index < -0.39 is 0 Å². The van der Waals surface area contributed by atoms with Crippen molar-refractivity contribution in [2.45, 2.75) is 49.6 Å². The summed E-state index contributed by atoms with van der Waals surface area (Å²) in [6, 6.07) is 20.6. The predicted molar refractivity (Wildman–Crippen MR) is 102 cm³/mol. The third-order valence-electron chi connectivity index (χ3n) is 4.56. The van der Waals surface area contributed by atoms with Gasteiger partial charge in [-0.15, -0.1) is 0 Å². The Morgan fingerprint density at radius 1 is 0.957 bits per heavy atom. The monoisotopic (exact) mass is 391 g/mol. The zero-order chi connectivity index (χ0) is 15.9. The Morgan fingerprint density at radius 3 is 2.43 bits per heavy atom. The van der Waals surface area contributed by atoms with Gasteiger partial charge in [-0.1, -0.05) is 0 Å². The number of hydrogen-bond acceptors (Lipinski definition) is 2. The molecule has 0 atom stereocenters. The van der Waals surface area contributed by atoms with Crippen molar-refractivity contribution < 1.29 is 0 Å². The average Bonchev–Trinajstić information content (AvgIpc) is 2.62. The summed E-state index contributed by atoms with van der Waals surface area (Å²) >= 11 is 0.436. The summed E-state index contributed by atoms with van der Waals surface area (Å²) in [4.78, 5) is 3.96. The van der Waals surface area contributed by atoms with Gasteiger partial charge in [-0.25, -0.2) is 0 Å². The van der Waals surface area contributed by atoms with Crippen molar-refractivity contribution in [2.75, 3.05) is 7.05 Å². The third-order valence-corrected chi connectivity index (χ3v) is 8.99. The van der Waals surface area contributed by atoms with E-state index in [0.29, 0.717) is 13.8 Å². The summed E-state index contributed by atoms with van der Waals surface area (Å²) in [7, 11) is 4.30. The molecular weight excluding hydrogens is 365 g/mol. The molecular formula is C20H25NSSe. The molecule has 3 heteroatoms. The Hall–Kier alpha value is -0.731. The molecule has 0 unspecified atom stereocenters. The van der Waals surface area contributed by atoms with Crippen molar-refractivity contribution in [3.05, 3.63) is 60.2 Å². The van der Waals surface area contributed by atoms with Gasteiger partial charge >= 0.3 is 150 Å². The van der Waals surface area contributed by atoms with Crippen molar-refractivity contribution in [1.82, 2.24) is 4.90 Å². The summed E-state index contributed by atoms with van der Waals surface area (Å²) in [5.41, 5.74) is 1.52. The van der Waals surface area contributed by atoms with Crippen LogP contribution in [0.1, 0.15) is 37.7 Å². The van der Waals surface area contributed by atoms with Crippen LogP contribution in [0.15, 0.2) is 59.5 Å². The van der Waals surface area contributed by atoms with E-state index in [9.17, 15) is 0 Å². The van der Waals surface area contributed by atoms with Crippen LogP contribution in [0.3, 0.4) is 0 Å². The molecule has 1 saturated carbocycles. The zero-order valence-corrected chi connectivity index (χ0v) is 16.3. The number of hydrogen-bond donors (Lipinski definition) is 0. The molecule has 0 N–H and O–H groups in total. The van der Waals surface area contributed by atoms with Crippen LogP contribution in [0, 0.1) is 0 Å². The van der Waals surface area contributed by atoms with Crippen LogP contribution in [-0.2, 0) is 6.54 Å². The molecule has 1 fully saturated rings. The van der Waals surface area contributed by atoms with Gasteiger partial charge in [0.2, 0.25) is 0 Å². The first-order chi connectivity index (χ1) is 11.3. The van der Waals surface area contributed by atoms with Gasteiger partial charge in [0.25, 0.3) is 0 Å².